The molecule has 0 aliphatic carbocycles. The monoisotopic (exact) mass is 329 g/mol. The summed E-state index contributed by atoms with van der Waals surface area (Å²) in [6, 6.07) is 13.2. The maximum Gasteiger partial charge on any atom is 0.110 e. The summed E-state index contributed by atoms with van der Waals surface area (Å²) in [5, 5.41) is 24.9. The van der Waals surface area contributed by atoms with Crippen molar-refractivity contribution in [3.05, 3.63) is 66.6 Å². The van der Waals surface area contributed by atoms with Crippen LogP contribution in [0.1, 0.15) is 11.7 Å². The summed E-state index contributed by atoms with van der Waals surface area (Å²) in [7, 11) is 0. The Kier molecular flexibility index (Phi) is 4.71. The van der Waals surface area contributed by atoms with Crippen molar-refractivity contribution in [2.75, 3.05) is 5.88 Å². The van der Waals surface area contributed by atoms with Crippen LogP contribution in [0.5, 0.6) is 0 Å². The molecule has 1 aromatic carbocycles. The molecule has 6 heteroatoms. The number of halogens is 1. The fourth-order valence-corrected chi connectivity index (χ4v) is 2.51. The first-order valence-corrected chi connectivity index (χ1v) is 7.71. The molecule has 2 N–H and O–H groups in total. The van der Waals surface area contributed by atoms with Crippen LogP contribution in [0.15, 0.2) is 61.1 Å². The third-order valence-electron chi connectivity index (χ3n) is 3.56. The predicted octanol–water partition coefficient (Wildman–Crippen LogP) is 2.57. The molecule has 0 aliphatic heterocycles. The van der Waals surface area contributed by atoms with Crippen molar-refractivity contribution in [2.24, 2.45) is 0 Å². The van der Waals surface area contributed by atoms with Crippen LogP contribution in [-0.4, -0.2) is 37.0 Å². The second-order valence-corrected chi connectivity index (χ2v) is 5.42. The Morgan fingerprint density at radius 2 is 1.74 bits per heavy atom. The Bertz CT molecular complexity index is 762. The van der Waals surface area contributed by atoms with Crippen molar-refractivity contribution in [1.29, 1.82) is 0 Å². The second kappa shape index (κ2) is 6.91. The molecule has 0 amide bonds. The third kappa shape index (κ3) is 3.27. The van der Waals surface area contributed by atoms with E-state index in [0.29, 0.717) is 11.3 Å². The molecule has 3 aromatic rings. The van der Waals surface area contributed by atoms with Crippen LogP contribution in [0, 0.1) is 0 Å². The van der Waals surface area contributed by atoms with Gasteiger partial charge in [-0.1, -0.05) is 18.2 Å². The average molecular weight is 330 g/mol. The zero-order valence-electron chi connectivity index (χ0n) is 12.2. The van der Waals surface area contributed by atoms with E-state index in [4.69, 9.17) is 11.6 Å². The molecule has 2 unspecified atom stereocenters. The molecule has 0 fully saturated rings. The Morgan fingerprint density at radius 3 is 2.39 bits per heavy atom. The number of hydrogen-bond acceptors (Lipinski definition) is 4. The maximum atomic E-state index is 10.4. The number of benzene rings is 1. The number of rotatable bonds is 5. The summed E-state index contributed by atoms with van der Waals surface area (Å²) < 4.78 is 1.68. The predicted molar refractivity (Wildman–Crippen MR) is 88.5 cm³/mol. The number of aliphatic hydroxyl groups excluding tert-OH is 2. The highest BCUT2D eigenvalue weighted by Crippen LogP contribution is 2.30. The molecule has 0 bridgehead atoms. The van der Waals surface area contributed by atoms with E-state index >= 15 is 0 Å². The summed E-state index contributed by atoms with van der Waals surface area (Å²) in [6.07, 6.45) is 2.85. The highest BCUT2D eigenvalue weighted by molar-refractivity contribution is 6.18. The highest BCUT2D eigenvalue weighted by Gasteiger charge is 2.24. The lowest BCUT2D eigenvalue weighted by atomic mass is 10.0. The number of pyridine rings is 1. The summed E-state index contributed by atoms with van der Waals surface area (Å²) in [4.78, 5) is 3.99. The van der Waals surface area contributed by atoms with Crippen LogP contribution >= 0.6 is 11.6 Å². The van der Waals surface area contributed by atoms with Gasteiger partial charge in [-0.2, -0.15) is 5.10 Å². The number of nitrogens with zero attached hydrogens (tertiary/aromatic N) is 3. The molecule has 0 saturated heterocycles. The Hall–Kier alpha value is -2.21. The topological polar surface area (TPSA) is 71.2 Å². The number of aromatic nitrogens is 3. The van der Waals surface area contributed by atoms with Gasteiger partial charge in [0.2, 0.25) is 0 Å². The summed E-state index contributed by atoms with van der Waals surface area (Å²) in [5.41, 5.74) is 2.79. The van der Waals surface area contributed by atoms with Crippen molar-refractivity contribution < 1.29 is 10.2 Å². The first-order chi connectivity index (χ1) is 11.2. The largest absolute Gasteiger partial charge is 0.389 e. The maximum absolute atomic E-state index is 10.4. The Morgan fingerprint density at radius 1 is 1.04 bits per heavy atom. The molecule has 118 valence electrons. The molecular weight excluding hydrogens is 314 g/mol. The normalized spacial score (nSPS) is 13.7. The average Bonchev–Trinajstić information content (AvgIpc) is 3.07. The smallest absolute Gasteiger partial charge is 0.110 e. The molecule has 3 rings (SSSR count). The fourth-order valence-electron chi connectivity index (χ4n) is 2.34. The molecule has 2 heterocycles. The van der Waals surface area contributed by atoms with Gasteiger partial charge in [0, 0.05) is 29.7 Å². The van der Waals surface area contributed by atoms with Crippen LogP contribution in [0.2, 0.25) is 0 Å². The van der Waals surface area contributed by atoms with E-state index in [1.54, 1.807) is 35.4 Å². The van der Waals surface area contributed by atoms with Gasteiger partial charge in [-0.25, -0.2) is 4.68 Å². The van der Waals surface area contributed by atoms with Gasteiger partial charge in [0.25, 0.3) is 0 Å². The van der Waals surface area contributed by atoms with E-state index in [2.05, 4.69) is 10.1 Å². The summed E-state index contributed by atoms with van der Waals surface area (Å²) >= 11 is 5.67. The van der Waals surface area contributed by atoms with Gasteiger partial charge in [-0.3, -0.25) is 4.98 Å². The van der Waals surface area contributed by atoms with Gasteiger partial charge in [-0.15, -0.1) is 11.6 Å². The molecule has 0 aliphatic rings. The lowest BCUT2D eigenvalue weighted by Gasteiger charge is -2.15. The summed E-state index contributed by atoms with van der Waals surface area (Å²) in [5.74, 6) is -0.0620. The van der Waals surface area contributed by atoms with Crippen molar-refractivity contribution >= 4 is 11.6 Å². The van der Waals surface area contributed by atoms with Crippen molar-refractivity contribution in [3.63, 3.8) is 0 Å². The van der Waals surface area contributed by atoms with Gasteiger partial charge in [-0.05, 0) is 24.3 Å². The van der Waals surface area contributed by atoms with Crippen molar-refractivity contribution in [3.8, 4) is 16.9 Å². The zero-order valence-corrected chi connectivity index (χ0v) is 13.0. The number of para-hydroxylation sites is 1. The second-order valence-electron chi connectivity index (χ2n) is 5.12. The zero-order chi connectivity index (χ0) is 16.2. The highest BCUT2D eigenvalue weighted by atomic mass is 35.5. The Labute approximate surface area is 138 Å². The molecule has 23 heavy (non-hydrogen) atoms. The first-order valence-electron chi connectivity index (χ1n) is 7.18. The molecular formula is C17H16ClN3O2. The van der Waals surface area contributed by atoms with Crippen LogP contribution in [-0.2, 0) is 0 Å². The lowest BCUT2D eigenvalue weighted by molar-refractivity contribution is 0.0330. The van der Waals surface area contributed by atoms with E-state index in [0.717, 1.165) is 11.3 Å². The Balaban J connectivity index is 2.11. The van der Waals surface area contributed by atoms with Crippen LogP contribution in [0.3, 0.4) is 0 Å². The van der Waals surface area contributed by atoms with Crippen molar-refractivity contribution in [1.82, 2.24) is 14.8 Å². The third-order valence-corrected chi connectivity index (χ3v) is 3.87. The van der Waals surface area contributed by atoms with E-state index in [-0.39, 0.29) is 5.88 Å². The van der Waals surface area contributed by atoms with Crippen molar-refractivity contribution in [2.45, 2.75) is 12.2 Å². The molecule has 0 spiro atoms. The van der Waals surface area contributed by atoms with Crippen LogP contribution in [0.25, 0.3) is 16.9 Å². The minimum Gasteiger partial charge on any atom is -0.389 e. The minimum atomic E-state index is -1.12. The van der Waals surface area contributed by atoms with E-state index in [9.17, 15) is 10.2 Å². The van der Waals surface area contributed by atoms with Gasteiger partial charge in [0.05, 0.1) is 23.4 Å². The molecule has 0 saturated carbocycles. The van der Waals surface area contributed by atoms with Gasteiger partial charge in [0.15, 0.2) is 0 Å². The molecule has 2 aromatic heterocycles. The first kappa shape index (κ1) is 15.7. The number of hydrogen-bond donors (Lipinski definition) is 2. The fraction of sp³-hybridized carbons (Fsp3) is 0.176. The van der Waals surface area contributed by atoms with Gasteiger partial charge in [0.1, 0.15) is 6.10 Å². The van der Waals surface area contributed by atoms with Gasteiger partial charge >= 0.3 is 0 Å². The van der Waals surface area contributed by atoms with E-state index in [1.807, 2.05) is 30.3 Å². The summed E-state index contributed by atoms with van der Waals surface area (Å²) in [6.45, 7) is 0. The van der Waals surface area contributed by atoms with Gasteiger partial charge < -0.3 is 10.2 Å². The quantitative estimate of drug-likeness (QED) is 0.706. The van der Waals surface area contributed by atoms with Crippen LogP contribution in [0.4, 0.5) is 0 Å². The SMILES string of the molecule is OC(CCl)C(O)c1cn(-c2ccccc2)nc1-c1ccncc1. The molecule has 5 nitrogen and oxygen atoms in total. The van der Waals surface area contributed by atoms with Crippen LogP contribution < -0.4 is 0 Å². The lowest BCUT2D eigenvalue weighted by Crippen LogP contribution is -2.19. The van der Waals surface area contributed by atoms with E-state index in [1.165, 1.54) is 0 Å². The number of alkyl halides is 1. The molecule has 2 atom stereocenters. The molecule has 0 radical (unpaired) electrons. The minimum absolute atomic E-state index is 0.0620. The number of aliphatic hydroxyl groups is 2. The standard InChI is InChI=1S/C17H16ClN3O2/c18-10-15(22)17(23)14-11-21(13-4-2-1-3-5-13)20-16(14)12-6-8-19-9-7-12/h1-9,11,15,17,22-23H,10H2. The van der Waals surface area contributed by atoms with E-state index < -0.39 is 12.2 Å².